The van der Waals surface area contributed by atoms with Gasteiger partial charge in [0.05, 0.1) is 0 Å². The fourth-order valence-electron chi connectivity index (χ4n) is 2.40. The first-order valence-electron chi connectivity index (χ1n) is 7.22. The Morgan fingerprint density at radius 2 is 1.95 bits per heavy atom. The maximum Gasteiger partial charge on any atom is 0.226 e. The van der Waals surface area contributed by atoms with E-state index in [1.807, 2.05) is 18.2 Å². The zero-order chi connectivity index (χ0) is 14.4. The third-order valence-corrected chi connectivity index (χ3v) is 3.32. The molecule has 0 spiro atoms. The summed E-state index contributed by atoms with van der Waals surface area (Å²) in [7, 11) is 0. The molecule has 0 radical (unpaired) electrons. The van der Waals surface area contributed by atoms with Gasteiger partial charge in [0.2, 0.25) is 5.89 Å². The molecule has 0 aliphatic carbocycles. The first-order valence-corrected chi connectivity index (χ1v) is 7.22. The van der Waals surface area contributed by atoms with Gasteiger partial charge in [-0.25, -0.2) is 0 Å². The van der Waals surface area contributed by atoms with Crippen LogP contribution in [-0.4, -0.2) is 16.7 Å². The molecule has 1 aromatic carbocycles. The van der Waals surface area contributed by atoms with Crippen molar-refractivity contribution in [1.29, 1.82) is 0 Å². The molecule has 108 valence electrons. The molecule has 2 rings (SSSR count). The van der Waals surface area contributed by atoms with Crippen LogP contribution in [-0.2, 0) is 12.8 Å². The van der Waals surface area contributed by atoms with E-state index in [2.05, 4.69) is 36.1 Å². The molecule has 1 aromatic heterocycles. The predicted octanol–water partition coefficient (Wildman–Crippen LogP) is 2.82. The Labute approximate surface area is 120 Å². The third kappa shape index (κ3) is 4.46. The second-order valence-corrected chi connectivity index (χ2v) is 5.70. The van der Waals surface area contributed by atoms with E-state index in [4.69, 9.17) is 10.3 Å². The summed E-state index contributed by atoms with van der Waals surface area (Å²) in [4.78, 5) is 4.47. The minimum Gasteiger partial charge on any atom is -0.339 e. The van der Waals surface area contributed by atoms with E-state index in [9.17, 15) is 0 Å². The Morgan fingerprint density at radius 3 is 2.60 bits per heavy atom. The van der Waals surface area contributed by atoms with Crippen molar-refractivity contribution in [2.75, 3.05) is 6.54 Å². The fourth-order valence-corrected chi connectivity index (χ4v) is 2.40. The van der Waals surface area contributed by atoms with Crippen LogP contribution in [0.5, 0.6) is 0 Å². The van der Waals surface area contributed by atoms with Gasteiger partial charge >= 0.3 is 0 Å². The van der Waals surface area contributed by atoms with Crippen LogP contribution in [0.4, 0.5) is 0 Å². The molecule has 4 heteroatoms. The lowest BCUT2D eigenvalue weighted by Gasteiger charge is -2.14. The van der Waals surface area contributed by atoms with Crippen molar-refractivity contribution in [2.24, 2.45) is 17.6 Å². The minimum absolute atomic E-state index is 0.417. The molecule has 0 bridgehead atoms. The molecular formula is C16H23N3O. The van der Waals surface area contributed by atoms with Crippen molar-refractivity contribution in [3.63, 3.8) is 0 Å². The van der Waals surface area contributed by atoms with Crippen LogP contribution < -0.4 is 5.73 Å². The van der Waals surface area contributed by atoms with Gasteiger partial charge < -0.3 is 10.3 Å². The molecule has 1 heterocycles. The summed E-state index contributed by atoms with van der Waals surface area (Å²) in [6.45, 7) is 5.07. The number of hydrogen-bond donors (Lipinski definition) is 1. The van der Waals surface area contributed by atoms with Gasteiger partial charge in [0.1, 0.15) is 0 Å². The van der Waals surface area contributed by atoms with Gasteiger partial charge in [-0.05, 0) is 30.4 Å². The monoisotopic (exact) mass is 273 g/mol. The standard InChI is InChI=1S/C16H23N3O/c1-12(2)8-14(11-17)10-16-18-15(19-20-16)9-13-6-4-3-5-7-13/h3-7,12,14H,8-11,17H2,1-2H3. The molecule has 0 amide bonds. The number of aromatic nitrogens is 2. The van der Waals surface area contributed by atoms with Crippen LogP contribution in [0.1, 0.15) is 37.5 Å². The van der Waals surface area contributed by atoms with E-state index < -0.39 is 0 Å². The summed E-state index contributed by atoms with van der Waals surface area (Å²) in [6, 6.07) is 10.2. The average molecular weight is 273 g/mol. The number of nitrogens with zero attached hydrogens (tertiary/aromatic N) is 2. The zero-order valence-corrected chi connectivity index (χ0v) is 12.2. The van der Waals surface area contributed by atoms with E-state index in [0.717, 1.165) is 18.7 Å². The van der Waals surface area contributed by atoms with Gasteiger partial charge in [-0.3, -0.25) is 0 Å². The second kappa shape index (κ2) is 7.20. The highest BCUT2D eigenvalue weighted by molar-refractivity contribution is 5.18. The van der Waals surface area contributed by atoms with Crippen molar-refractivity contribution in [2.45, 2.75) is 33.1 Å². The van der Waals surface area contributed by atoms with Gasteiger partial charge in [0, 0.05) is 12.8 Å². The van der Waals surface area contributed by atoms with Gasteiger partial charge in [0.15, 0.2) is 5.82 Å². The Hall–Kier alpha value is -1.68. The lowest BCUT2D eigenvalue weighted by Crippen LogP contribution is -2.19. The molecule has 0 saturated carbocycles. The second-order valence-electron chi connectivity index (χ2n) is 5.70. The number of benzene rings is 1. The normalized spacial score (nSPS) is 12.8. The van der Waals surface area contributed by atoms with E-state index in [-0.39, 0.29) is 0 Å². The molecule has 1 atom stereocenters. The highest BCUT2D eigenvalue weighted by Crippen LogP contribution is 2.16. The number of nitrogens with two attached hydrogens (primary N) is 1. The smallest absolute Gasteiger partial charge is 0.226 e. The summed E-state index contributed by atoms with van der Waals surface area (Å²) < 4.78 is 5.33. The topological polar surface area (TPSA) is 64.9 Å². The van der Waals surface area contributed by atoms with E-state index in [1.54, 1.807) is 0 Å². The SMILES string of the molecule is CC(C)CC(CN)Cc1nc(Cc2ccccc2)no1. The molecule has 2 N–H and O–H groups in total. The van der Waals surface area contributed by atoms with Gasteiger partial charge in [-0.1, -0.05) is 49.3 Å². The van der Waals surface area contributed by atoms with Crippen molar-refractivity contribution in [3.05, 3.63) is 47.6 Å². The Bertz CT molecular complexity index is 507. The predicted molar refractivity (Wildman–Crippen MR) is 79.2 cm³/mol. The average Bonchev–Trinajstić information content (AvgIpc) is 2.86. The van der Waals surface area contributed by atoms with Crippen molar-refractivity contribution >= 4 is 0 Å². The molecule has 0 fully saturated rings. The van der Waals surface area contributed by atoms with Crippen molar-refractivity contribution < 1.29 is 4.52 Å². The molecule has 0 aliphatic heterocycles. The molecule has 1 unspecified atom stereocenters. The van der Waals surface area contributed by atoms with Crippen LogP contribution in [0.2, 0.25) is 0 Å². The van der Waals surface area contributed by atoms with Crippen LogP contribution >= 0.6 is 0 Å². The lowest BCUT2D eigenvalue weighted by molar-refractivity contribution is 0.329. The van der Waals surface area contributed by atoms with Crippen LogP contribution in [0.15, 0.2) is 34.9 Å². The maximum absolute atomic E-state index is 5.81. The lowest BCUT2D eigenvalue weighted by atomic mass is 9.94. The summed E-state index contributed by atoms with van der Waals surface area (Å²) in [5, 5.41) is 4.05. The minimum atomic E-state index is 0.417. The van der Waals surface area contributed by atoms with E-state index in [0.29, 0.717) is 30.7 Å². The first-order chi connectivity index (χ1) is 9.67. The fraction of sp³-hybridized carbons (Fsp3) is 0.500. The maximum atomic E-state index is 5.81. The first kappa shape index (κ1) is 14.7. The third-order valence-electron chi connectivity index (χ3n) is 3.32. The molecule has 2 aromatic rings. The Kier molecular flexibility index (Phi) is 5.30. The molecule has 4 nitrogen and oxygen atoms in total. The quantitative estimate of drug-likeness (QED) is 0.842. The summed E-state index contributed by atoms with van der Waals surface area (Å²) in [6.07, 6.45) is 2.57. The zero-order valence-electron chi connectivity index (χ0n) is 12.2. The Balaban J connectivity index is 1.95. The highest BCUT2D eigenvalue weighted by Gasteiger charge is 2.15. The highest BCUT2D eigenvalue weighted by atomic mass is 16.5. The van der Waals surface area contributed by atoms with Gasteiger partial charge in [-0.15, -0.1) is 0 Å². The molecule has 0 aliphatic rings. The van der Waals surface area contributed by atoms with Gasteiger partial charge in [0.25, 0.3) is 0 Å². The molecule has 20 heavy (non-hydrogen) atoms. The Morgan fingerprint density at radius 1 is 1.20 bits per heavy atom. The summed E-state index contributed by atoms with van der Waals surface area (Å²) in [5.41, 5.74) is 7.00. The van der Waals surface area contributed by atoms with E-state index in [1.165, 1.54) is 5.56 Å². The van der Waals surface area contributed by atoms with Gasteiger partial charge in [-0.2, -0.15) is 4.98 Å². The summed E-state index contributed by atoms with van der Waals surface area (Å²) in [5.74, 6) is 2.49. The molecular weight excluding hydrogens is 250 g/mol. The summed E-state index contributed by atoms with van der Waals surface area (Å²) >= 11 is 0. The van der Waals surface area contributed by atoms with Crippen LogP contribution in [0.3, 0.4) is 0 Å². The van der Waals surface area contributed by atoms with Crippen molar-refractivity contribution in [3.8, 4) is 0 Å². The van der Waals surface area contributed by atoms with Crippen molar-refractivity contribution in [1.82, 2.24) is 10.1 Å². The number of rotatable bonds is 7. The molecule has 0 saturated heterocycles. The number of hydrogen-bond acceptors (Lipinski definition) is 4. The van der Waals surface area contributed by atoms with E-state index >= 15 is 0 Å². The van der Waals surface area contributed by atoms with Crippen LogP contribution in [0, 0.1) is 11.8 Å². The largest absolute Gasteiger partial charge is 0.339 e. The van der Waals surface area contributed by atoms with Crippen LogP contribution in [0.25, 0.3) is 0 Å².